The molecule has 5 nitrogen and oxygen atoms in total. The van der Waals surface area contributed by atoms with E-state index in [9.17, 15) is 14.0 Å². The zero-order valence-corrected chi connectivity index (χ0v) is 15.2. The number of hydrogen-bond donors (Lipinski definition) is 1. The van der Waals surface area contributed by atoms with Crippen LogP contribution in [0.25, 0.3) is 0 Å². The Hall–Kier alpha value is -2.73. The fraction of sp³-hybridized carbons (Fsp3) is 0.333. The van der Waals surface area contributed by atoms with Gasteiger partial charge in [0.2, 0.25) is 5.91 Å². The summed E-state index contributed by atoms with van der Waals surface area (Å²) in [6.07, 6.45) is 0. The zero-order valence-electron chi connectivity index (χ0n) is 15.2. The van der Waals surface area contributed by atoms with Crippen LogP contribution in [0.3, 0.4) is 0 Å². The first-order chi connectivity index (χ1) is 13.1. The van der Waals surface area contributed by atoms with Gasteiger partial charge in [-0.2, -0.15) is 0 Å². The smallest absolute Gasteiger partial charge is 0.253 e. The maximum absolute atomic E-state index is 13.7. The van der Waals surface area contributed by atoms with Crippen LogP contribution in [-0.2, 0) is 9.53 Å². The number of methoxy groups -OCH3 is 1. The number of nitrogens with one attached hydrogen (secondary N) is 1. The van der Waals surface area contributed by atoms with Gasteiger partial charge in [0.15, 0.2) is 0 Å². The van der Waals surface area contributed by atoms with Gasteiger partial charge in [-0.3, -0.25) is 9.59 Å². The number of hydrogen-bond acceptors (Lipinski definition) is 3. The van der Waals surface area contributed by atoms with E-state index in [2.05, 4.69) is 5.32 Å². The molecule has 0 aromatic heterocycles. The number of benzene rings is 2. The molecule has 1 N–H and O–H groups in total. The highest BCUT2D eigenvalue weighted by Crippen LogP contribution is 2.34. The molecule has 2 atom stereocenters. The fourth-order valence-electron chi connectivity index (χ4n) is 3.48. The Labute approximate surface area is 158 Å². The Kier molecular flexibility index (Phi) is 6.19. The van der Waals surface area contributed by atoms with Crippen molar-refractivity contribution in [3.63, 3.8) is 0 Å². The number of rotatable bonds is 6. The molecular formula is C21H23FN2O3. The van der Waals surface area contributed by atoms with Gasteiger partial charge in [0.05, 0.1) is 12.5 Å². The molecule has 0 spiro atoms. The predicted octanol–water partition coefficient (Wildman–Crippen LogP) is 2.44. The van der Waals surface area contributed by atoms with Gasteiger partial charge < -0.3 is 15.0 Å². The van der Waals surface area contributed by atoms with E-state index in [1.54, 1.807) is 36.3 Å². The molecule has 0 aliphatic carbocycles. The fourth-order valence-corrected chi connectivity index (χ4v) is 3.48. The molecule has 0 saturated carbocycles. The summed E-state index contributed by atoms with van der Waals surface area (Å²) in [5, 5.41) is 2.84. The van der Waals surface area contributed by atoms with Crippen LogP contribution in [0.5, 0.6) is 0 Å². The second kappa shape index (κ2) is 8.77. The monoisotopic (exact) mass is 370 g/mol. The van der Waals surface area contributed by atoms with Crippen molar-refractivity contribution in [3.8, 4) is 0 Å². The minimum atomic E-state index is -0.434. The van der Waals surface area contributed by atoms with Crippen LogP contribution < -0.4 is 5.32 Å². The molecule has 0 bridgehead atoms. The van der Waals surface area contributed by atoms with Crippen molar-refractivity contribution < 1.29 is 18.7 Å². The molecule has 2 aromatic rings. The SMILES string of the molecule is COCCNC(=O)[C@@H]1CN(C(=O)c2ccccc2)C[C@@H]1c1cccc(F)c1. The van der Waals surface area contributed by atoms with E-state index in [4.69, 9.17) is 4.74 Å². The number of halogens is 1. The Morgan fingerprint density at radius 3 is 2.63 bits per heavy atom. The number of likely N-dealkylation sites (tertiary alicyclic amines) is 1. The third-order valence-electron chi connectivity index (χ3n) is 4.85. The van der Waals surface area contributed by atoms with Crippen LogP contribution in [0.4, 0.5) is 4.39 Å². The molecule has 1 heterocycles. The van der Waals surface area contributed by atoms with Gasteiger partial charge in [0.25, 0.3) is 5.91 Å². The second-order valence-corrected chi connectivity index (χ2v) is 6.63. The Bertz CT molecular complexity index is 797. The molecule has 1 saturated heterocycles. The van der Waals surface area contributed by atoms with Gasteiger partial charge in [-0.1, -0.05) is 30.3 Å². The molecule has 27 heavy (non-hydrogen) atoms. The summed E-state index contributed by atoms with van der Waals surface area (Å²) in [5.41, 5.74) is 1.31. The van der Waals surface area contributed by atoms with Gasteiger partial charge in [-0.25, -0.2) is 4.39 Å². The van der Waals surface area contributed by atoms with Crippen molar-refractivity contribution in [2.24, 2.45) is 5.92 Å². The van der Waals surface area contributed by atoms with Crippen molar-refractivity contribution in [2.45, 2.75) is 5.92 Å². The average molecular weight is 370 g/mol. The van der Waals surface area contributed by atoms with Gasteiger partial charge in [0, 0.05) is 38.2 Å². The number of amides is 2. The summed E-state index contributed by atoms with van der Waals surface area (Å²) in [7, 11) is 1.57. The molecule has 1 fully saturated rings. The van der Waals surface area contributed by atoms with Crippen LogP contribution in [-0.4, -0.2) is 50.1 Å². The lowest BCUT2D eigenvalue weighted by molar-refractivity contribution is -0.125. The standard InChI is InChI=1S/C21H23FN2O3/c1-27-11-10-23-20(25)19-14-24(21(26)15-6-3-2-4-7-15)13-18(19)16-8-5-9-17(22)12-16/h2-9,12,18-19H,10-11,13-14H2,1H3,(H,23,25)/t18-,19-/m1/s1. The van der Waals surface area contributed by atoms with Gasteiger partial charge >= 0.3 is 0 Å². The molecule has 0 unspecified atom stereocenters. The maximum Gasteiger partial charge on any atom is 0.253 e. The predicted molar refractivity (Wildman–Crippen MR) is 99.9 cm³/mol. The van der Waals surface area contributed by atoms with Crippen LogP contribution in [0, 0.1) is 11.7 Å². The van der Waals surface area contributed by atoms with E-state index in [0.29, 0.717) is 31.8 Å². The second-order valence-electron chi connectivity index (χ2n) is 6.63. The molecular weight excluding hydrogens is 347 g/mol. The lowest BCUT2D eigenvalue weighted by Crippen LogP contribution is -2.37. The normalized spacial score (nSPS) is 19.1. The van der Waals surface area contributed by atoms with E-state index in [1.165, 1.54) is 12.1 Å². The molecule has 3 rings (SSSR count). The maximum atomic E-state index is 13.7. The molecule has 2 amide bonds. The van der Waals surface area contributed by atoms with Crippen LogP contribution in [0.2, 0.25) is 0 Å². The number of carbonyl (C=O) groups excluding carboxylic acids is 2. The first-order valence-corrected chi connectivity index (χ1v) is 8.96. The summed E-state index contributed by atoms with van der Waals surface area (Å²) >= 11 is 0. The van der Waals surface area contributed by atoms with E-state index in [1.807, 2.05) is 18.2 Å². The third kappa shape index (κ3) is 4.52. The van der Waals surface area contributed by atoms with Crippen molar-refractivity contribution in [1.29, 1.82) is 0 Å². The molecule has 6 heteroatoms. The summed E-state index contributed by atoms with van der Waals surface area (Å²) in [6.45, 7) is 1.48. The van der Waals surface area contributed by atoms with Crippen molar-refractivity contribution in [3.05, 3.63) is 71.5 Å². The minimum absolute atomic E-state index is 0.121. The highest BCUT2D eigenvalue weighted by molar-refractivity contribution is 5.95. The zero-order chi connectivity index (χ0) is 19.2. The van der Waals surface area contributed by atoms with E-state index in [-0.39, 0.29) is 23.5 Å². The largest absolute Gasteiger partial charge is 0.383 e. The number of ether oxygens (including phenoxy) is 1. The number of nitrogens with zero attached hydrogens (tertiary/aromatic N) is 1. The molecule has 142 valence electrons. The van der Waals surface area contributed by atoms with E-state index in [0.717, 1.165) is 5.56 Å². The lowest BCUT2D eigenvalue weighted by atomic mass is 9.88. The molecule has 1 aliphatic heterocycles. The average Bonchev–Trinajstić information content (AvgIpc) is 3.14. The van der Waals surface area contributed by atoms with Gasteiger partial charge in [-0.05, 0) is 29.8 Å². The highest BCUT2D eigenvalue weighted by atomic mass is 19.1. The van der Waals surface area contributed by atoms with E-state index < -0.39 is 5.92 Å². The lowest BCUT2D eigenvalue weighted by Gasteiger charge is -2.18. The third-order valence-corrected chi connectivity index (χ3v) is 4.85. The first-order valence-electron chi connectivity index (χ1n) is 8.96. The Morgan fingerprint density at radius 2 is 1.93 bits per heavy atom. The highest BCUT2D eigenvalue weighted by Gasteiger charge is 2.40. The summed E-state index contributed by atoms with van der Waals surface area (Å²) in [6, 6.07) is 15.2. The van der Waals surface area contributed by atoms with Crippen LogP contribution in [0.1, 0.15) is 21.8 Å². The minimum Gasteiger partial charge on any atom is -0.383 e. The van der Waals surface area contributed by atoms with Crippen molar-refractivity contribution in [1.82, 2.24) is 10.2 Å². The Balaban J connectivity index is 1.82. The topological polar surface area (TPSA) is 58.6 Å². The van der Waals surface area contributed by atoms with Crippen molar-refractivity contribution >= 4 is 11.8 Å². The van der Waals surface area contributed by atoms with Gasteiger partial charge in [0.1, 0.15) is 5.82 Å². The quantitative estimate of drug-likeness (QED) is 0.795. The summed E-state index contributed by atoms with van der Waals surface area (Å²) in [5.74, 6) is -1.31. The van der Waals surface area contributed by atoms with Gasteiger partial charge in [-0.15, -0.1) is 0 Å². The Morgan fingerprint density at radius 1 is 1.15 bits per heavy atom. The first kappa shape index (κ1) is 19.0. The molecule has 1 aliphatic rings. The van der Waals surface area contributed by atoms with Crippen LogP contribution in [0.15, 0.2) is 54.6 Å². The molecule has 2 aromatic carbocycles. The van der Waals surface area contributed by atoms with Crippen molar-refractivity contribution in [2.75, 3.05) is 33.4 Å². The van der Waals surface area contributed by atoms with Crippen LogP contribution >= 0.6 is 0 Å². The summed E-state index contributed by atoms with van der Waals surface area (Å²) in [4.78, 5) is 27.2. The van der Waals surface area contributed by atoms with E-state index >= 15 is 0 Å². The summed E-state index contributed by atoms with van der Waals surface area (Å²) < 4.78 is 18.7. The number of carbonyl (C=O) groups is 2. The molecule has 0 radical (unpaired) electrons.